The number of amides is 1. The van der Waals surface area contributed by atoms with Crippen molar-refractivity contribution in [2.24, 2.45) is 17.3 Å². The van der Waals surface area contributed by atoms with Gasteiger partial charge in [-0.25, -0.2) is 0 Å². The summed E-state index contributed by atoms with van der Waals surface area (Å²) in [6, 6.07) is 7.85. The maximum atomic E-state index is 12.3. The average molecular weight is 303 g/mol. The fraction of sp³-hybridized carbons (Fsp3) is 0.632. The first kappa shape index (κ1) is 16.9. The molecular formula is C19H29NO2. The summed E-state index contributed by atoms with van der Waals surface area (Å²) in [5.41, 5.74) is 1.44. The minimum atomic E-state index is 0.184. The lowest BCUT2D eigenvalue weighted by atomic mass is 9.69. The summed E-state index contributed by atoms with van der Waals surface area (Å²) in [4.78, 5) is 12.3. The van der Waals surface area contributed by atoms with Crippen LogP contribution in [-0.2, 0) is 11.3 Å². The molecule has 0 aliphatic heterocycles. The standard InChI is InChI=1S/C19H29NO2/c1-19(2,3)16-10-8-15(9-11-16)18(21)20-13-14-6-5-7-17(12-14)22-4/h5-7,12,15-16H,8-11,13H2,1-4H3,(H,20,21). The summed E-state index contributed by atoms with van der Waals surface area (Å²) < 4.78 is 5.21. The second-order valence-electron chi connectivity index (χ2n) is 7.48. The van der Waals surface area contributed by atoms with Gasteiger partial charge >= 0.3 is 0 Å². The minimum absolute atomic E-state index is 0.184. The number of rotatable bonds is 4. The van der Waals surface area contributed by atoms with E-state index in [-0.39, 0.29) is 11.8 Å². The molecule has 0 bridgehead atoms. The quantitative estimate of drug-likeness (QED) is 0.907. The van der Waals surface area contributed by atoms with Crippen LogP contribution in [0.3, 0.4) is 0 Å². The molecule has 0 heterocycles. The van der Waals surface area contributed by atoms with Crippen LogP contribution in [0, 0.1) is 17.3 Å². The number of carbonyl (C=O) groups is 1. The Balaban J connectivity index is 1.81. The van der Waals surface area contributed by atoms with Crippen LogP contribution in [-0.4, -0.2) is 13.0 Å². The van der Waals surface area contributed by atoms with E-state index in [1.54, 1.807) is 7.11 Å². The molecular weight excluding hydrogens is 274 g/mol. The highest BCUT2D eigenvalue weighted by molar-refractivity contribution is 5.78. The van der Waals surface area contributed by atoms with Gasteiger partial charge in [0.25, 0.3) is 0 Å². The van der Waals surface area contributed by atoms with E-state index in [9.17, 15) is 4.79 Å². The van der Waals surface area contributed by atoms with Crippen LogP contribution in [0.15, 0.2) is 24.3 Å². The number of ether oxygens (including phenoxy) is 1. The fourth-order valence-electron chi connectivity index (χ4n) is 3.34. The van der Waals surface area contributed by atoms with Crippen molar-refractivity contribution in [3.8, 4) is 5.75 Å². The maximum absolute atomic E-state index is 12.3. The van der Waals surface area contributed by atoms with Crippen molar-refractivity contribution in [3.05, 3.63) is 29.8 Å². The first-order valence-electron chi connectivity index (χ1n) is 8.31. The molecule has 1 N–H and O–H groups in total. The van der Waals surface area contributed by atoms with E-state index in [4.69, 9.17) is 4.74 Å². The van der Waals surface area contributed by atoms with Crippen molar-refractivity contribution in [1.82, 2.24) is 5.32 Å². The van der Waals surface area contributed by atoms with Crippen molar-refractivity contribution in [1.29, 1.82) is 0 Å². The van der Waals surface area contributed by atoms with E-state index in [2.05, 4.69) is 26.1 Å². The van der Waals surface area contributed by atoms with Crippen molar-refractivity contribution in [2.45, 2.75) is 53.0 Å². The van der Waals surface area contributed by atoms with Crippen LogP contribution in [0.2, 0.25) is 0 Å². The lowest BCUT2D eigenvalue weighted by molar-refractivity contribution is -0.126. The van der Waals surface area contributed by atoms with Crippen LogP contribution < -0.4 is 10.1 Å². The highest BCUT2D eigenvalue weighted by Gasteiger charge is 2.32. The molecule has 0 spiro atoms. The summed E-state index contributed by atoms with van der Waals surface area (Å²) in [5, 5.41) is 3.08. The Labute approximate surface area is 134 Å². The predicted octanol–water partition coefficient (Wildman–Crippen LogP) is 4.16. The Kier molecular flexibility index (Phi) is 5.49. The Morgan fingerprint density at radius 3 is 2.50 bits per heavy atom. The lowest BCUT2D eigenvalue weighted by Crippen LogP contribution is -2.35. The van der Waals surface area contributed by atoms with Crippen molar-refractivity contribution in [3.63, 3.8) is 0 Å². The normalized spacial score (nSPS) is 22.2. The third-order valence-electron chi connectivity index (χ3n) is 4.92. The van der Waals surface area contributed by atoms with Crippen LogP contribution >= 0.6 is 0 Å². The zero-order valence-electron chi connectivity index (χ0n) is 14.3. The molecule has 1 aromatic carbocycles. The number of benzene rings is 1. The van der Waals surface area contributed by atoms with E-state index < -0.39 is 0 Å². The van der Waals surface area contributed by atoms with Crippen LogP contribution in [0.5, 0.6) is 5.75 Å². The van der Waals surface area contributed by atoms with Gasteiger partial charge in [0.05, 0.1) is 7.11 Å². The molecule has 3 heteroatoms. The molecule has 1 aliphatic carbocycles. The summed E-state index contributed by atoms with van der Waals surface area (Å²) in [6.07, 6.45) is 4.37. The molecule has 1 aromatic rings. The van der Waals surface area contributed by atoms with Gasteiger partial charge in [-0.2, -0.15) is 0 Å². The number of carbonyl (C=O) groups excluding carboxylic acids is 1. The van der Waals surface area contributed by atoms with Crippen LogP contribution in [0.25, 0.3) is 0 Å². The van der Waals surface area contributed by atoms with E-state index in [1.807, 2.05) is 24.3 Å². The zero-order chi connectivity index (χ0) is 16.2. The van der Waals surface area contributed by atoms with Gasteiger partial charge in [0, 0.05) is 12.5 Å². The molecule has 1 aliphatic rings. The smallest absolute Gasteiger partial charge is 0.223 e. The van der Waals surface area contributed by atoms with Gasteiger partial charge in [-0.15, -0.1) is 0 Å². The molecule has 22 heavy (non-hydrogen) atoms. The first-order chi connectivity index (χ1) is 10.4. The van der Waals surface area contributed by atoms with Gasteiger partial charge in [0.2, 0.25) is 5.91 Å². The molecule has 0 saturated heterocycles. The largest absolute Gasteiger partial charge is 0.497 e. The molecule has 0 unspecified atom stereocenters. The van der Waals surface area contributed by atoms with Gasteiger partial charge in [0.1, 0.15) is 5.75 Å². The Morgan fingerprint density at radius 2 is 1.91 bits per heavy atom. The Bertz CT molecular complexity index is 496. The maximum Gasteiger partial charge on any atom is 0.223 e. The first-order valence-corrected chi connectivity index (χ1v) is 8.31. The van der Waals surface area contributed by atoms with E-state index in [0.717, 1.165) is 30.1 Å². The lowest BCUT2D eigenvalue weighted by Gasteiger charge is -2.36. The second kappa shape index (κ2) is 7.17. The molecule has 0 atom stereocenters. The molecule has 2 rings (SSSR count). The summed E-state index contributed by atoms with van der Waals surface area (Å²) in [5.74, 6) is 1.96. The average Bonchev–Trinajstić information content (AvgIpc) is 2.52. The second-order valence-corrected chi connectivity index (χ2v) is 7.48. The minimum Gasteiger partial charge on any atom is -0.497 e. The third-order valence-corrected chi connectivity index (χ3v) is 4.92. The van der Waals surface area contributed by atoms with E-state index >= 15 is 0 Å². The summed E-state index contributed by atoms with van der Waals surface area (Å²) in [7, 11) is 1.66. The van der Waals surface area contributed by atoms with Crippen molar-refractivity contribution >= 4 is 5.91 Å². The van der Waals surface area contributed by atoms with Gasteiger partial charge in [-0.3, -0.25) is 4.79 Å². The number of nitrogens with one attached hydrogen (secondary N) is 1. The summed E-state index contributed by atoms with van der Waals surface area (Å²) >= 11 is 0. The van der Waals surface area contributed by atoms with Crippen molar-refractivity contribution in [2.75, 3.05) is 7.11 Å². The van der Waals surface area contributed by atoms with Gasteiger partial charge < -0.3 is 10.1 Å². The van der Waals surface area contributed by atoms with Crippen LogP contribution in [0.1, 0.15) is 52.0 Å². The van der Waals surface area contributed by atoms with Gasteiger partial charge in [-0.05, 0) is 54.7 Å². The zero-order valence-corrected chi connectivity index (χ0v) is 14.3. The Hall–Kier alpha value is -1.51. The molecule has 1 amide bonds. The third kappa shape index (κ3) is 4.49. The molecule has 1 fully saturated rings. The monoisotopic (exact) mass is 303 g/mol. The Morgan fingerprint density at radius 1 is 1.23 bits per heavy atom. The highest BCUT2D eigenvalue weighted by atomic mass is 16.5. The molecule has 1 saturated carbocycles. The predicted molar refractivity (Wildman–Crippen MR) is 89.7 cm³/mol. The SMILES string of the molecule is COc1cccc(CNC(=O)C2CCC(C(C)(C)C)CC2)c1. The topological polar surface area (TPSA) is 38.3 Å². The number of hydrogen-bond donors (Lipinski definition) is 1. The van der Waals surface area contributed by atoms with Gasteiger partial charge in [-0.1, -0.05) is 32.9 Å². The molecule has 122 valence electrons. The van der Waals surface area contributed by atoms with E-state index in [0.29, 0.717) is 12.0 Å². The number of hydrogen-bond acceptors (Lipinski definition) is 2. The van der Waals surface area contributed by atoms with Crippen molar-refractivity contribution < 1.29 is 9.53 Å². The van der Waals surface area contributed by atoms with Gasteiger partial charge in [0.15, 0.2) is 0 Å². The molecule has 0 aromatic heterocycles. The fourth-order valence-corrected chi connectivity index (χ4v) is 3.34. The number of methoxy groups -OCH3 is 1. The highest BCUT2D eigenvalue weighted by Crippen LogP contribution is 2.39. The summed E-state index contributed by atoms with van der Waals surface area (Å²) in [6.45, 7) is 7.50. The molecule has 0 radical (unpaired) electrons. The van der Waals surface area contributed by atoms with Crippen LogP contribution in [0.4, 0.5) is 0 Å². The molecule has 3 nitrogen and oxygen atoms in total. The van der Waals surface area contributed by atoms with E-state index in [1.165, 1.54) is 12.8 Å².